The van der Waals surface area contributed by atoms with Crippen molar-refractivity contribution in [2.75, 3.05) is 18.5 Å². The highest BCUT2D eigenvalue weighted by Gasteiger charge is 2.41. The Morgan fingerprint density at radius 2 is 2.25 bits per heavy atom. The molecule has 1 fully saturated rings. The Bertz CT molecular complexity index is 524. The minimum atomic E-state index is -0.252. The first-order valence-corrected chi connectivity index (χ1v) is 7.45. The van der Waals surface area contributed by atoms with E-state index in [2.05, 4.69) is 10.4 Å². The normalized spacial score (nSPS) is 16.4. The summed E-state index contributed by atoms with van der Waals surface area (Å²) in [5, 5.41) is 16.6. The molecule has 6 heteroatoms. The van der Waals surface area contributed by atoms with Crippen LogP contribution < -0.4 is 10.9 Å². The van der Waals surface area contributed by atoms with Gasteiger partial charge >= 0.3 is 0 Å². The van der Waals surface area contributed by atoms with Crippen LogP contribution in [0.25, 0.3) is 0 Å². The van der Waals surface area contributed by atoms with Crippen LogP contribution in [0.2, 0.25) is 5.02 Å². The van der Waals surface area contributed by atoms with E-state index in [1.165, 1.54) is 4.68 Å². The molecule has 0 unspecified atom stereocenters. The maximum atomic E-state index is 12.1. The predicted octanol–water partition coefficient (Wildman–Crippen LogP) is 2.13. The summed E-state index contributed by atoms with van der Waals surface area (Å²) in [6.07, 6.45) is 4.61. The molecular weight excluding hydrogens is 278 g/mol. The SMILES string of the molecule is CC(C)Cn1ncc(NCC2(CCO)CC2)c(Cl)c1=O. The molecule has 0 saturated heterocycles. The predicted molar refractivity (Wildman–Crippen MR) is 80.2 cm³/mol. The molecular formula is C14H22ClN3O2. The largest absolute Gasteiger partial charge is 0.396 e. The molecule has 112 valence electrons. The maximum Gasteiger partial charge on any atom is 0.287 e. The highest BCUT2D eigenvalue weighted by Crippen LogP contribution is 2.48. The molecule has 1 aromatic rings. The van der Waals surface area contributed by atoms with Gasteiger partial charge in [-0.1, -0.05) is 25.4 Å². The molecule has 0 aliphatic heterocycles. The molecule has 1 aromatic heterocycles. The Morgan fingerprint density at radius 3 is 2.80 bits per heavy atom. The maximum absolute atomic E-state index is 12.1. The van der Waals surface area contributed by atoms with Crippen molar-refractivity contribution in [2.45, 2.75) is 39.7 Å². The smallest absolute Gasteiger partial charge is 0.287 e. The molecule has 5 nitrogen and oxygen atoms in total. The molecule has 1 saturated carbocycles. The van der Waals surface area contributed by atoms with Gasteiger partial charge in [0.1, 0.15) is 5.02 Å². The first kappa shape index (κ1) is 15.3. The van der Waals surface area contributed by atoms with Crippen LogP contribution in [0.4, 0.5) is 5.69 Å². The second-order valence-electron chi connectivity index (χ2n) is 6.08. The average Bonchev–Trinajstić information content (AvgIpc) is 3.14. The van der Waals surface area contributed by atoms with Crippen LogP contribution in [0, 0.1) is 11.3 Å². The highest BCUT2D eigenvalue weighted by atomic mass is 35.5. The Labute approximate surface area is 124 Å². The van der Waals surface area contributed by atoms with E-state index in [0.717, 1.165) is 25.8 Å². The van der Waals surface area contributed by atoms with Gasteiger partial charge in [-0.3, -0.25) is 4.79 Å². The number of halogens is 1. The van der Waals surface area contributed by atoms with Gasteiger partial charge in [-0.25, -0.2) is 4.68 Å². The zero-order chi connectivity index (χ0) is 14.8. The number of hydrogen-bond donors (Lipinski definition) is 2. The van der Waals surface area contributed by atoms with Crippen LogP contribution in [0.5, 0.6) is 0 Å². The molecule has 0 amide bonds. The minimum absolute atomic E-state index is 0.172. The van der Waals surface area contributed by atoms with Gasteiger partial charge in [-0.05, 0) is 30.6 Å². The van der Waals surface area contributed by atoms with Crippen molar-refractivity contribution in [2.24, 2.45) is 11.3 Å². The molecule has 2 rings (SSSR count). The van der Waals surface area contributed by atoms with E-state index in [1.54, 1.807) is 6.20 Å². The van der Waals surface area contributed by atoms with Crippen molar-refractivity contribution in [3.05, 3.63) is 21.6 Å². The van der Waals surface area contributed by atoms with Crippen molar-refractivity contribution in [1.29, 1.82) is 0 Å². The fourth-order valence-electron chi connectivity index (χ4n) is 2.28. The third kappa shape index (κ3) is 3.52. The topological polar surface area (TPSA) is 67.2 Å². The van der Waals surface area contributed by atoms with E-state index in [1.807, 2.05) is 13.8 Å². The van der Waals surface area contributed by atoms with Crippen molar-refractivity contribution >= 4 is 17.3 Å². The third-order valence-electron chi connectivity index (χ3n) is 3.78. The van der Waals surface area contributed by atoms with E-state index < -0.39 is 0 Å². The number of hydrogen-bond acceptors (Lipinski definition) is 4. The number of nitrogens with zero attached hydrogens (tertiary/aromatic N) is 2. The van der Waals surface area contributed by atoms with Crippen LogP contribution in [-0.4, -0.2) is 28.0 Å². The molecule has 1 aliphatic carbocycles. The van der Waals surface area contributed by atoms with E-state index in [0.29, 0.717) is 18.2 Å². The molecule has 2 N–H and O–H groups in total. The summed E-state index contributed by atoms with van der Waals surface area (Å²) in [7, 11) is 0. The molecule has 1 heterocycles. The number of aliphatic hydroxyl groups excluding tert-OH is 1. The van der Waals surface area contributed by atoms with Gasteiger partial charge in [0, 0.05) is 19.7 Å². The second-order valence-corrected chi connectivity index (χ2v) is 6.46. The van der Waals surface area contributed by atoms with Crippen molar-refractivity contribution in [1.82, 2.24) is 9.78 Å². The summed E-state index contributed by atoms with van der Waals surface area (Å²) < 4.78 is 1.40. The Morgan fingerprint density at radius 1 is 1.55 bits per heavy atom. The number of aliphatic hydroxyl groups is 1. The van der Waals surface area contributed by atoms with Gasteiger partial charge < -0.3 is 10.4 Å². The van der Waals surface area contributed by atoms with E-state index >= 15 is 0 Å². The Hall–Kier alpha value is -1.07. The van der Waals surface area contributed by atoms with Gasteiger partial charge in [0.15, 0.2) is 0 Å². The average molecular weight is 300 g/mol. The van der Waals surface area contributed by atoms with Gasteiger partial charge in [0.25, 0.3) is 5.56 Å². The quantitative estimate of drug-likeness (QED) is 0.809. The fourth-order valence-corrected chi connectivity index (χ4v) is 2.49. The lowest BCUT2D eigenvalue weighted by Gasteiger charge is -2.16. The van der Waals surface area contributed by atoms with Gasteiger partial charge in [0.05, 0.1) is 11.9 Å². The van der Waals surface area contributed by atoms with Gasteiger partial charge in [0.2, 0.25) is 0 Å². The lowest BCUT2D eigenvalue weighted by atomic mass is 10.0. The minimum Gasteiger partial charge on any atom is -0.396 e. The number of aromatic nitrogens is 2. The molecule has 0 bridgehead atoms. The molecule has 20 heavy (non-hydrogen) atoms. The lowest BCUT2D eigenvalue weighted by molar-refractivity contribution is 0.253. The summed E-state index contributed by atoms with van der Waals surface area (Å²) in [4.78, 5) is 12.1. The van der Waals surface area contributed by atoms with Crippen LogP contribution in [-0.2, 0) is 6.54 Å². The number of anilines is 1. The molecule has 0 atom stereocenters. The Kier molecular flexibility index (Phi) is 4.70. The summed E-state index contributed by atoms with van der Waals surface area (Å²) in [6, 6.07) is 0. The lowest BCUT2D eigenvalue weighted by Crippen LogP contribution is -2.27. The number of rotatable bonds is 7. The zero-order valence-electron chi connectivity index (χ0n) is 12.0. The van der Waals surface area contributed by atoms with Crippen molar-refractivity contribution < 1.29 is 5.11 Å². The summed E-state index contributed by atoms with van der Waals surface area (Å²) >= 11 is 6.12. The molecule has 0 radical (unpaired) electrons. The van der Waals surface area contributed by atoms with Crippen LogP contribution >= 0.6 is 11.6 Å². The summed E-state index contributed by atoms with van der Waals surface area (Å²) in [5.41, 5.74) is 0.503. The van der Waals surface area contributed by atoms with Crippen molar-refractivity contribution in [3.63, 3.8) is 0 Å². The fraction of sp³-hybridized carbons (Fsp3) is 0.714. The Balaban J connectivity index is 2.06. The van der Waals surface area contributed by atoms with Crippen LogP contribution in [0.1, 0.15) is 33.1 Å². The third-order valence-corrected chi connectivity index (χ3v) is 4.14. The zero-order valence-corrected chi connectivity index (χ0v) is 12.8. The highest BCUT2D eigenvalue weighted by molar-refractivity contribution is 6.32. The summed E-state index contributed by atoms with van der Waals surface area (Å²) in [5.74, 6) is 0.342. The number of nitrogens with one attached hydrogen (secondary N) is 1. The van der Waals surface area contributed by atoms with Gasteiger partial charge in [-0.15, -0.1) is 0 Å². The first-order valence-electron chi connectivity index (χ1n) is 7.08. The van der Waals surface area contributed by atoms with Crippen molar-refractivity contribution in [3.8, 4) is 0 Å². The standard InChI is InChI=1S/C14H22ClN3O2/c1-10(2)8-18-13(20)12(15)11(7-17-18)16-9-14(3-4-14)5-6-19/h7,10,16,19H,3-6,8-9H2,1-2H3. The van der Waals surface area contributed by atoms with Crippen LogP contribution in [0.15, 0.2) is 11.0 Å². The molecule has 0 aromatic carbocycles. The van der Waals surface area contributed by atoms with E-state index in [-0.39, 0.29) is 22.6 Å². The van der Waals surface area contributed by atoms with E-state index in [9.17, 15) is 4.79 Å². The van der Waals surface area contributed by atoms with Gasteiger partial charge in [-0.2, -0.15) is 5.10 Å². The molecule has 1 aliphatic rings. The molecule has 0 spiro atoms. The second kappa shape index (κ2) is 6.14. The monoisotopic (exact) mass is 299 g/mol. The van der Waals surface area contributed by atoms with E-state index in [4.69, 9.17) is 16.7 Å². The first-order chi connectivity index (χ1) is 9.47. The summed E-state index contributed by atoms with van der Waals surface area (Å²) in [6.45, 7) is 5.54. The van der Waals surface area contributed by atoms with Crippen LogP contribution in [0.3, 0.4) is 0 Å².